The van der Waals surface area contributed by atoms with Gasteiger partial charge in [0.1, 0.15) is 0 Å². The standard InChI is InChI=1S/C12H12F3NO3/c13-9-5-8(1-2-11(9)19-12(14)15)10-6-18-4-3-16(10)7-17/h1-2,5,7,10,12H,3-4,6H2/t10-/m0/s1. The van der Waals surface area contributed by atoms with Crippen LogP contribution in [0, 0.1) is 5.82 Å². The van der Waals surface area contributed by atoms with Gasteiger partial charge in [-0.05, 0) is 17.7 Å². The summed E-state index contributed by atoms with van der Waals surface area (Å²) in [4.78, 5) is 12.4. The molecule has 1 heterocycles. The summed E-state index contributed by atoms with van der Waals surface area (Å²) in [6.07, 6.45) is 0.661. The van der Waals surface area contributed by atoms with Gasteiger partial charge < -0.3 is 14.4 Å². The molecule has 1 fully saturated rings. The third-order valence-corrected chi connectivity index (χ3v) is 2.86. The van der Waals surface area contributed by atoms with Crippen LogP contribution in [0.15, 0.2) is 18.2 Å². The van der Waals surface area contributed by atoms with Gasteiger partial charge in [0.15, 0.2) is 11.6 Å². The quantitative estimate of drug-likeness (QED) is 0.788. The Morgan fingerprint density at radius 2 is 2.26 bits per heavy atom. The van der Waals surface area contributed by atoms with Crippen molar-refractivity contribution in [3.05, 3.63) is 29.6 Å². The highest BCUT2D eigenvalue weighted by molar-refractivity contribution is 5.49. The average Bonchev–Trinajstić information content (AvgIpc) is 2.40. The number of hydrogen-bond donors (Lipinski definition) is 0. The van der Waals surface area contributed by atoms with E-state index >= 15 is 0 Å². The number of carbonyl (C=O) groups is 1. The zero-order valence-electron chi connectivity index (χ0n) is 9.89. The number of carbonyl (C=O) groups excluding carboxylic acids is 1. The van der Waals surface area contributed by atoms with Crippen LogP contribution in [0.3, 0.4) is 0 Å². The van der Waals surface area contributed by atoms with Gasteiger partial charge in [0.2, 0.25) is 6.41 Å². The van der Waals surface area contributed by atoms with Crippen LogP contribution in [-0.4, -0.2) is 37.7 Å². The Labute approximate surface area is 107 Å². The summed E-state index contributed by atoms with van der Waals surface area (Å²) in [6, 6.07) is 3.22. The van der Waals surface area contributed by atoms with Crippen molar-refractivity contribution in [2.24, 2.45) is 0 Å². The molecule has 0 aromatic heterocycles. The van der Waals surface area contributed by atoms with Gasteiger partial charge in [0, 0.05) is 6.54 Å². The fourth-order valence-electron chi connectivity index (χ4n) is 1.95. The van der Waals surface area contributed by atoms with Crippen molar-refractivity contribution < 1.29 is 27.4 Å². The van der Waals surface area contributed by atoms with E-state index in [0.29, 0.717) is 25.1 Å². The molecule has 0 N–H and O–H groups in total. The Kier molecular flexibility index (Phi) is 4.26. The molecule has 1 saturated heterocycles. The predicted molar refractivity (Wildman–Crippen MR) is 59.4 cm³/mol. The highest BCUT2D eigenvalue weighted by atomic mass is 19.3. The molecule has 19 heavy (non-hydrogen) atoms. The van der Waals surface area contributed by atoms with Crippen LogP contribution in [-0.2, 0) is 9.53 Å². The number of amides is 1. The third-order valence-electron chi connectivity index (χ3n) is 2.86. The number of nitrogens with zero attached hydrogens (tertiary/aromatic N) is 1. The number of alkyl halides is 2. The van der Waals surface area contributed by atoms with E-state index in [2.05, 4.69) is 4.74 Å². The molecule has 0 aliphatic carbocycles. The predicted octanol–water partition coefficient (Wildman–Crippen LogP) is 1.96. The Bertz CT molecular complexity index is 456. The van der Waals surface area contributed by atoms with Gasteiger partial charge in [-0.15, -0.1) is 0 Å². The fraction of sp³-hybridized carbons (Fsp3) is 0.417. The molecule has 1 aliphatic rings. The van der Waals surface area contributed by atoms with Gasteiger partial charge in [-0.1, -0.05) is 6.07 Å². The van der Waals surface area contributed by atoms with Crippen molar-refractivity contribution >= 4 is 6.41 Å². The van der Waals surface area contributed by atoms with E-state index in [1.54, 1.807) is 0 Å². The lowest BCUT2D eigenvalue weighted by molar-refractivity contribution is -0.126. The summed E-state index contributed by atoms with van der Waals surface area (Å²) >= 11 is 0. The van der Waals surface area contributed by atoms with Crippen molar-refractivity contribution in [2.45, 2.75) is 12.7 Å². The molecule has 0 bridgehead atoms. The minimum Gasteiger partial charge on any atom is -0.432 e. The molecule has 1 aromatic carbocycles. The number of ether oxygens (including phenoxy) is 2. The SMILES string of the molecule is O=CN1CCOC[C@H]1c1ccc(OC(F)F)c(F)c1. The molecule has 0 saturated carbocycles. The molecular formula is C12H12F3NO3. The summed E-state index contributed by atoms with van der Waals surface area (Å²) < 4.78 is 46.9. The molecule has 7 heteroatoms. The molecule has 1 amide bonds. The van der Waals surface area contributed by atoms with Gasteiger partial charge in [0.05, 0.1) is 19.3 Å². The van der Waals surface area contributed by atoms with Crippen LogP contribution in [0.4, 0.5) is 13.2 Å². The van der Waals surface area contributed by atoms with Gasteiger partial charge in [-0.2, -0.15) is 8.78 Å². The summed E-state index contributed by atoms with van der Waals surface area (Å²) in [5.74, 6) is -1.41. The van der Waals surface area contributed by atoms with Crippen LogP contribution in [0.2, 0.25) is 0 Å². The first-order valence-electron chi connectivity index (χ1n) is 5.65. The number of halogens is 3. The molecule has 1 atom stereocenters. The minimum absolute atomic E-state index is 0.243. The third kappa shape index (κ3) is 3.17. The Morgan fingerprint density at radius 1 is 1.47 bits per heavy atom. The number of benzene rings is 1. The molecule has 0 unspecified atom stereocenters. The molecule has 1 aliphatic heterocycles. The highest BCUT2D eigenvalue weighted by Gasteiger charge is 2.24. The van der Waals surface area contributed by atoms with Crippen molar-refractivity contribution in [1.29, 1.82) is 0 Å². The monoisotopic (exact) mass is 275 g/mol. The zero-order chi connectivity index (χ0) is 13.8. The van der Waals surface area contributed by atoms with E-state index < -0.39 is 24.2 Å². The van der Waals surface area contributed by atoms with E-state index in [4.69, 9.17) is 4.74 Å². The van der Waals surface area contributed by atoms with Crippen LogP contribution < -0.4 is 4.74 Å². The maximum atomic E-state index is 13.6. The van der Waals surface area contributed by atoms with Crippen LogP contribution in [0.1, 0.15) is 11.6 Å². The second kappa shape index (κ2) is 5.92. The van der Waals surface area contributed by atoms with E-state index in [1.165, 1.54) is 11.0 Å². The zero-order valence-corrected chi connectivity index (χ0v) is 9.89. The lowest BCUT2D eigenvalue weighted by Gasteiger charge is -2.33. The van der Waals surface area contributed by atoms with E-state index in [1.807, 2.05) is 0 Å². The highest BCUT2D eigenvalue weighted by Crippen LogP contribution is 2.27. The van der Waals surface area contributed by atoms with Gasteiger partial charge >= 0.3 is 6.61 Å². The summed E-state index contributed by atoms with van der Waals surface area (Å²) in [7, 11) is 0. The average molecular weight is 275 g/mol. The van der Waals surface area contributed by atoms with Crippen molar-refractivity contribution in [2.75, 3.05) is 19.8 Å². The molecule has 104 valence electrons. The Morgan fingerprint density at radius 3 is 2.89 bits per heavy atom. The van der Waals surface area contributed by atoms with Crippen LogP contribution in [0.5, 0.6) is 5.75 Å². The lowest BCUT2D eigenvalue weighted by Crippen LogP contribution is -2.38. The lowest BCUT2D eigenvalue weighted by atomic mass is 10.1. The van der Waals surface area contributed by atoms with E-state index in [-0.39, 0.29) is 6.61 Å². The van der Waals surface area contributed by atoms with E-state index in [0.717, 1.165) is 12.1 Å². The summed E-state index contributed by atoms with van der Waals surface area (Å²) in [6.45, 7) is -2.01. The second-order valence-corrected chi connectivity index (χ2v) is 4.00. The number of morpholine rings is 1. The topological polar surface area (TPSA) is 38.8 Å². The maximum Gasteiger partial charge on any atom is 0.387 e. The molecular weight excluding hydrogens is 263 g/mol. The van der Waals surface area contributed by atoms with Crippen molar-refractivity contribution in [3.8, 4) is 5.75 Å². The second-order valence-electron chi connectivity index (χ2n) is 4.00. The smallest absolute Gasteiger partial charge is 0.387 e. The molecule has 4 nitrogen and oxygen atoms in total. The molecule has 1 aromatic rings. The first kappa shape index (κ1) is 13.7. The molecule has 0 spiro atoms. The largest absolute Gasteiger partial charge is 0.432 e. The number of hydrogen-bond acceptors (Lipinski definition) is 3. The van der Waals surface area contributed by atoms with E-state index in [9.17, 15) is 18.0 Å². The van der Waals surface area contributed by atoms with Crippen LogP contribution >= 0.6 is 0 Å². The number of rotatable bonds is 4. The van der Waals surface area contributed by atoms with Gasteiger partial charge in [-0.3, -0.25) is 4.79 Å². The van der Waals surface area contributed by atoms with Crippen molar-refractivity contribution in [1.82, 2.24) is 4.90 Å². The minimum atomic E-state index is -3.08. The normalized spacial score (nSPS) is 19.6. The Hall–Kier alpha value is -1.76. The summed E-state index contributed by atoms with van der Waals surface area (Å²) in [5, 5.41) is 0. The molecule has 0 radical (unpaired) electrons. The maximum absolute atomic E-state index is 13.6. The van der Waals surface area contributed by atoms with Crippen LogP contribution in [0.25, 0.3) is 0 Å². The van der Waals surface area contributed by atoms with Gasteiger partial charge in [0.25, 0.3) is 0 Å². The van der Waals surface area contributed by atoms with Gasteiger partial charge in [-0.25, -0.2) is 4.39 Å². The molecule has 2 rings (SSSR count). The Balaban J connectivity index is 2.20. The summed E-state index contributed by atoms with van der Waals surface area (Å²) in [5.41, 5.74) is 0.478. The first-order chi connectivity index (χ1) is 9.11. The first-order valence-corrected chi connectivity index (χ1v) is 5.65. The van der Waals surface area contributed by atoms with Crippen molar-refractivity contribution in [3.63, 3.8) is 0 Å². The fourth-order valence-corrected chi connectivity index (χ4v) is 1.95.